The Morgan fingerprint density at radius 2 is 1.71 bits per heavy atom. The molecule has 2 aromatic carbocycles. The van der Waals surface area contributed by atoms with E-state index in [2.05, 4.69) is 10.6 Å². The van der Waals surface area contributed by atoms with E-state index in [1.807, 2.05) is 6.07 Å². The van der Waals surface area contributed by atoms with Gasteiger partial charge >= 0.3 is 0 Å². The van der Waals surface area contributed by atoms with Gasteiger partial charge in [0, 0.05) is 11.4 Å². The van der Waals surface area contributed by atoms with E-state index < -0.39 is 0 Å². The van der Waals surface area contributed by atoms with Crippen molar-refractivity contribution in [2.24, 2.45) is 0 Å². The molecular weight excluding hydrogens is 309 g/mol. The lowest BCUT2D eigenvalue weighted by molar-refractivity contribution is -0.114. The summed E-state index contributed by atoms with van der Waals surface area (Å²) in [6, 6.07) is 13.8. The van der Waals surface area contributed by atoms with Crippen LogP contribution in [0.2, 0.25) is 10.0 Å². The number of carbonyl (C=O) groups excluding carboxylic acids is 1. The molecule has 0 heterocycles. The predicted octanol–water partition coefficient (Wildman–Crippen LogP) is 3.92. The van der Waals surface area contributed by atoms with Crippen molar-refractivity contribution in [3.63, 3.8) is 0 Å². The van der Waals surface area contributed by atoms with Crippen LogP contribution in [-0.2, 0) is 4.79 Å². The highest BCUT2D eigenvalue weighted by Gasteiger charge is 2.04. The van der Waals surface area contributed by atoms with Gasteiger partial charge in [0.1, 0.15) is 0 Å². The van der Waals surface area contributed by atoms with Gasteiger partial charge in [-0.05, 0) is 42.5 Å². The highest BCUT2D eigenvalue weighted by atomic mass is 35.5. The average molecular weight is 320 g/mol. The fourth-order valence-electron chi connectivity index (χ4n) is 1.62. The fourth-order valence-corrected chi connectivity index (χ4v) is 1.92. The van der Waals surface area contributed by atoms with Crippen molar-refractivity contribution >= 4 is 40.5 Å². The Bertz CT molecular complexity index is 693. The molecule has 0 aliphatic rings. The Balaban J connectivity index is 1.89. The van der Waals surface area contributed by atoms with Gasteiger partial charge in [0.2, 0.25) is 5.91 Å². The lowest BCUT2D eigenvalue weighted by Crippen LogP contribution is -2.21. The van der Waals surface area contributed by atoms with E-state index in [1.165, 1.54) is 0 Å². The van der Waals surface area contributed by atoms with Crippen LogP contribution in [0, 0.1) is 11.3 Å². The molecule has 0 atom stereocenters. The van der Waals surface area contributed by atoms with Crippen molar-refractivity contribution in [3.05, 3.63) is 58.1 Å². The van der Waals surface area contributed by atoms with Crippen LogP contribution in [0.5, 0.6) is 0 Å². The first kappa shape index (κ1) is 15.2. The minimum absolute atomic E-state index is 0.103. The third-order valence-corrected chi connectivity index (χ3v) is 3.41. The molecule has 21 heavy (non-hydrogen) atoms. The van der Waals surface area contributed by atoms with E-state index >= 15 is 0 Å². The number of anilines is 2. The van der Waals surface area contributed by atoms with Crippen LogP contribution in [-0.4, -0.2) is 12.5 Å². The van der Waals surface area contributed by atoms with Crippen molar-refractivity contribution in [2.45, 2.75) is 0 Å². The largest absolute Gasteiger partial charge is 0.376 e. The van der Waals surface area contributed by atoms with E-state index in [-0.39, 0.29) is 12.5 Å². The molecule has 0 unspecified atom stereocenters. The minimum Gasteiger partial charge on any atom is -0.376 e. The van der Waals surface area contributed by atoms with Crippen LogP contribution < -0.4 is 10.6 Å². The summed E-state index contributed by atoms with van der Waals surface area (Å²) in [4.78, 5) is 11.8. The summed E-state index contributed by atoms with van der Waals surface area (Å²) in [5.41, 5.74) is 1.91. The summed E-state index contributed by atoms with van der Waals surface area (Å²) in [7, 11) is 0. The van der Waals surface area contributed by atoms with Crippen LogP contribution in [0.25, 0.3) is 0 Å². The zero-order valence-corrected chi connectivity index (χ0v) is 12.4. The number of nitriles is 1. The quantitative estimate of drug-likeness (QED) is 0.897. The fraction of sp³-hybridized carbons (Fsp3) is 0.0667. The first-order chi connectivity index (χ1) is 10.1. The number of hydrogen-bond donors (Lipinski definition) is 2. The maximum absolute atomic E-state index is 11.8. The Hall–Kier alpha value is -2.22. The molecule has 2 N–H and O–H groups in total. The first-order valence-electron chi connectivity index (χ1n) is 6.07. The lowest BCUT2D eigenvalue weighted by atomic mass is 10.2. The third kappa shape index (κ3) is 4.38. The third-order valence-electron chi connectivity index (χ3n) is 2.67. The van der Waals surface area contributed by atoms with Crippen LogP contribution in [0.4, 0.5) is 11.4 Å². The summed E-state index contributed by atoms with van der Waals surface area (Å²) >= 11 is 11.7. The van der Waals surface area contributed by atoms with Crippen LogP contribution in [0.15, 0.2) is 42.5 Å². The number of hydrogen-bond acceptors (Lipinski definition) is 3. The van der Waals surface area contributed by atoms with E-state index in [0.717, 1.165) is 5.69 Å². The normalized spacial score (nSPS) is 9.76. The van der Waals surface area contributed by atoms with Crippen molar-refractivity contribution in [2.75, 3.05) is 17.2 Å². The second-order valence-corrected chi connectivity index (χ2v) is 5.03. The predicted molar refractivity (Wildman–Crippen MR) is 84.7 cm³/mol. The number of nitrogens with zero attached hydrogens (tertiary/aromatic N) is 1. The first-order valence-corrected chi connectivity index (χ1v) is 6.83. The molecule has 0 radical (unpaired) electrons. The summed E-state index contributed by atoms with van der Waals surface area (Å²) in [6.07, 6.45) is 0. The molecule has 6 heteroatoms. The number of halogens is 2. The molecule has 0 spiro atoms. The number of benzene rings is 2. The number of nitrogens with one attached hydrogen (secondary N) is 2. The summed E-state index contributed by atoms with van der Waals surface area (Å²) in [6.45, 7) is 0.103. The van der Waals surface area contributed by atoms with Gasteiger partial charge in [-0.3, -0.25) is 4.79 Å². The lowest BCUT2D eigenvalue weighted by Gasteiger charge is -2.08. The molecule has 0 fully saturated rings. The summed E-state index contributed by atoms with van der Waals surface area (Å²) in [5, 5.41) is 15.2. The maximum atomic E-state index is 11.8. The zero-order valence-electron chi connectivity index (χ0n) is 10.9. The highest BCUT2D eigenvalue weighted by Crippen LogP contribution is 2.24. The second-order valence-electron chi connectivity index (χ2n) is 4.22. The van der Waals surface area contributed by atoms with Gasteiger partial charge in [-0.1, -0.05) is 23.2 Å². The highest BCUT2D eigenvalue weighted by molar-refractivity contribution is 6.42. The molecule has 0 aromatic heterocycles. The molecule has 2 rings (SSSR count). The molecule has 0 aliphatic heterocycles. The standard InChI is InChI=1S/C15H11Cl2N3O/c16-13-6-5-12(7-14(13)17)20-15(21)9-19-11-3-1-10(8-18)2-4-11/h1-7,19H,9H2,(H,20,21). The van der Waals surface area contributed by atoms with Crippen molar-refractivity contribution in [1.29, 1.82) is 5.26 Å². The average Bonchev–Trinajstić information content (AvgIpc) is 2.49. The van der Waals surface area contributed by atoms with Crippen molar-refractivity contribution in [3.8, 4) is 6.07 Å². The summed E-state index contributed by atoms with van der Waals surface area (Å²) < 4.78 is 0. The van der Waals surface area contributed by atoms with E-state index in [1.54, 1.807) is 42.5 Å². The molecule has 0 aliphatic carbocycles. The molecule has 2 aromatic rings. The minimum atomic E-state index is -0.210. The molecule has 0 bridgehead atoms. The number of carbonyl (C=O) groups is 1. The molecule has 1 amide bonds. The van der Waals surface area contributed by atoms with E-state index in [9.17, 15) is 4.79 Å². The van der Waals surface area contributed by atoms with Gasteiger partial charge < -0.3 is 10.6 Å². The maximum Gasteiger partial charge on any atom is 0.243 e. The monoisotopic (exact) mass is 319 g/mol. The molecule has 0 saturated carbocycles. The van der Waals surface area contributed by atoms with Gasteiger partial charge in [-0.25, -0.2) is 0 Å². The SMILES string of the molecule is N#Cc1ccc(NCC(=O)Nc2ccc(Cl)c(Cl)c2)cc1. The van der Waals surface area contributed by atoms with Gasteiger partial charge in [0.25, 0.3) is 0 Å². The van der Waals surface area contributed by atoms with Gasteiger partial charge in [0.15, 0.2) is 0 Å². The molecule has 4 nitrogen and oxygen atoms in total. The van der Waals surface area contributed by atoms with Crippen LogP contribution in [0.3, 0.4) is 0 Å². The van der Waals surface area contributed by atoms with Gasteiger partial charge in [0.05, 0.1) is 28.2 Å². The topological polar surface area (TPSA) is 64.9 Å². The number of amides is 1. The second kappa shape index (κ2) is 6.98. The number of rotatable bonds is 4. The van der Waals surface area contributed by atoms with Gasteiger partial charge in [-0.2, -0.15) is 5.26 Å². The molecular formula is C15H11Cl2N3O. The Morgan fingerprint density at radius 3 is 2.33 bits per heavy atom. The van der Waals surface area contributed by atoms with Gasteiger partial charge in [-0.15, -0.1) is 0 Å². The van der Waals surface area contributed by atoms with E-state index in [4.69, 9.17) is 28.5 Å². The van der Waals surface area contributed by atoms with Crippen LogP contribution >= 0.6 is 23.2 Å². The van der Waals surface area contributed by atoms with Crippen molar-refractivity contribution in [1.82, 2.24) is 0 Å². The smallest absolute Gasteiger partial charge is 0.243 e. The molecule has 0 saturated heterocycles. The Labute approximate surface area is 132 Å². The Morgan fingerprint density at radius 1 is 1.05 bits per heavy atom. The zero-order chi connectivity index (χ0) is 15.2. The molecule has 106 valence electrons. The summed E-state index contributed by atoms with van der Waals surface area (Å²) in [5.74, 6) is -0.210. The van der Waals surface area contributed by atoms with Crippen molar-refractivity contribution < 1.29 is 4.79 Å². The van der Waals surface area contributed by atoms with E-state index in [0.29, 0.717) is 21.3 Å². The van der Waals surface area contributed by atoms with Crippen LogP contribution in [0.1, 0.15) is 5.56 Å². The Kier molecular flexibility index (Phi) is 5.04.